The van der Waals surface area contributed by atoms with Crippen LogP contribution >= 0.6 is 12.6 Å². The highest BCUT2D eigenvalue weighted by Crippen LogP contribution is 2.22. The zero-order valence-corrected chi connectivity index (χ0v) is 16.3. The molecule has 0 atom stereocenters. The number of nitrogens with zero attached hydrogens (tertiary/aromatic N) is 2. The lowest BCUT2D eigenvalue weighted by atomic mass is 10.1. The lowest BCUT2D eigenvalue weighted by molar-refractivity contribution is 0.0947. The van der Waals surface area contributed by atoms with Gasteiger partial charge in [0.1, 0.15) is 5.82 Å². The Balaban J connectivity index is 2.04. The maximum Gasteiger partial charge on any atom is 0.271 e. The minimum Gasteiger partial charge on any atom is -0.351 e. The summed E-state index contributed by atoms with van der Waals surface area (Å²) in [7, 11) is 0. The van der Waals surface area contributed by atoms with E-state index in [1.807, 2.05) is 4.68 Å². The number of halogens is 1. The summed E-state index contributed by atoms with van der Waals surface area (Å²) in [5.41, 5.74) is 2.12. The molecule has 1 aromatic carbocycles. The first-order chi connectivity index (χ1) is 12.7. The van der Waals surface area contributed by atoms with Crippen LogP contribution in [0.15, 0.2) is 30.3 Å². The fourth-order valence-corrected chi connectivity index (χ4v) is 2.97. The highest BCUT2D eigenvalue weighted by atomic mass is 32.1. The van der Waals surface area contributed by atoms with Crippen molar-refractivity contribution in [3.63, 3.8) is 0 Å². The first-order valence-corrected chi connectivity index (χ1v) is 10.0. The zero-order chi connectivity index (χ0) is 18.8. The number of rotatable bonds is 11. The molecule has 1 aromatic heterocycles. The van der Waals surface area contributed by atoms with Crippen molar-refractivity contribution in [2.24, 2.45) is 0 Å². The summed E-state index contributed by atoms with van der Waals surface area (Å²) in [6.45, 7) is 3.50. The van der Waals surface area contributed by atoms with Gasteiger partial charge in [0.2, 0.25) is 0 Å². The standard InChI is InChI=1S/C20H28FN3OS/c1-2-3-13-24-19(16-8-10-17(21)11-9-16)15-18(23-24)20(25)22-12-6-4-5-7-14-26/h8-11,15,26H,2-7,12-14H2,1H3,(H,22,25). The molecular weight excluding hydrogens is 349 g/mol. The maximum atomic E-state index is 13.2. The largest absolute Gasteiger partial charge is 0.351 e. The highest BCUT2D eigenvalue weighted by Gasteiger charge is 2.15. The number of carbonyl (C=O) groups excluding carboxylic acids is 1. The van der Waals surface area contributed by atoms with Crippen molar-refractivity contribution in [1.82, 2.24) is 15.1 Å². The molecule has 1 amide bonds. The Morgan fingerprint density at radius 2 is 1.88 bits per heavy atom. The van der Waals surface area contributed by atoms with Crippen molar-refractivity contribution < 1.29 is 9.18 Å². The predicted octanol–water partition coefficient (Wildman–Crippen LogP) is 4.71. The number of aromatic nitrogens is 2. The van der Waals surface area contributed by atoms with E-state index in [-0.39, 0.29) is 11.7 Å². The van der Waals surface area contributed by atoms with Gasteiger partial charge < -0.3 is 5.32 Å². The molecule has 0 aliphatic rings. The summed E-state index contributed by atoms with van der Waals surface area (Å²) in [5, 5.41) is 7.41. The molecule has 0 aliphatic heterocycles. The van der Waals surface area contributed by atoms with Crippen LogP contribution in [0.4, 0.5) is 4.39 Å². The van der Waals surface area contributed by atoms with Crippen LogP contribution in [-0.4, -0.2) is 28.0 Å². The fraction of sp³-hybridized carbons (Fsp3) is 0.500. The van der Waals surface area contributed by atoms with Crippen LogP contribution in [-0.2, 0) is 6.54 Å². The molecule has 0 saturated carbocycles. The summed E-state index contributed by atoms with van der Waals surface area (Å²) in [4.78, 5) is 12.4. The molecule has 0 unspecified atom stereocenters. The summed E-state index contributed by atoms with van der Waals surface area (Å²) in [6.07, 6.45) is 6.31. The van der Waals surface area contributed by atoms with E-state index in [1.165, 1.54) is 12.1 Å². The third kappa shape index (κ3) is 6.16. The quantitative estimate of drug-likeness (QED) is 0.440. The first kappa shape index (κ1) is 20.5. The number of amides is 1. The SMILES string of the molecule is CCCCn1nc(C(=O)NCCCCCCS)cc1-c1ccc(F)cc1. The summed E-state index contributed by atoms with van der Waals surface area (Å²) in [6, 6.07) is 8.09. The predicted molar refractivity (Wildman–Crippen MR) is 107 cm³/mol. The second-order valence-electron chi connectivity index (χ2n) is 6.39. The van der Waals surface area contributed by atoms with Crippen molar-refractivity contribution in [1.29, 1.82) is 0 Å². The van der Waals surface area contributed by atoms with Crippen LogP contribution in [0.2, 0.25) is 0 Å². The third-order valence-electron chi connectivity index (χ3n) is 4.25. The Morgan fingerprint density at radius 3 is 2.58 bits per heavy atom. The van der Waals surface area contributed by atoms with Gasteiger partial charge in [0.05, 0.1) is 5.69 Å². The molecule has 26 heavy (non-hydrogen) atoms. The number of carbonyl (C=O) groups is 1. The van der Waals surface area contributed by atoms with Crippen molar-refractivity contribution >= 4 is 18.5 Å². The second-order valence-corrected chi connectivity index (χ2v) is 6.84. The van der Waals surface area contributed by atoms with Gasteiger partial charge in [-0.15, -0.1) is 0 Å². The number of hydrogen-bond acceptors (Lipinski definition) is 3. The lowest BCUT2D eigenvalue weighted by Crippen LogP contribution is -2.25. The van der Waals surface area contributed by atoms with Crippen molar-refractivity contribution in [3.05, 3.63) is 41.8 Å². The monoisotopic (exact) mass is 377 g/mol. The molecule has 1 heterocycles. The molecular formula is C20H28FN3OS. The molecule has 0 fully saturated rings. The lowest BCUT2D eigenvalue weighted by Gasteiger charge is -2.06. The van der Waals surface area contributed by atoms with E-state index < -0.39 is 0 Å². The van der Waals surface area contributed by atoms with E-state index in [2.05, 4.69) is 30.0 Å². The van der Waals surface area contributed by atoms with Crippen molar-refractivity contribution in [2.45, 2.75) is 52.0 Å². The zero-order valence-electron chi connectivity index (χ0n) is 15.4. The van der Waals surface area contributed by atoms with Gasteiger partial charge in [-0.2, -0.15) is 17.7 Å². The van der Waals surface area contributed by atoms with Crippen molar-refractivity contribution in [3.8, 4) is 11.3 Å². The Kier molecular flexibility index (Phi) is 8.68. The number of thiol groups is 1. The summed E-state index contributed by atoms with van der Waals surface area (Å²) < 4.78 is 15.0. The second kappa shape index (κ2) is 11.0. The minimum atomic E-state index is -0.274. The molecule has 0 aliphatic carbocycles. The van der Waals surface area contributed by atoms with E-state index >= 15 is 0 Å². The Hall–Kier alpha value is -1.82. The van der Waals surface area contributed by atoms with Crippen LogP contribution in [0.3, 0.4) is 0 Å². The molecule has 2 aromatic rings. The Bertz CT molecular complexity index is 685. The van der Waals surface area contributed by atoms with Gasteiger partial charge in [0.15, 0.2) is 5.69 Å². The molecule has 1 N–H and O–H groups in total. The molecule has 0 spiro atoms. The average molecular weight is 378 g/mol. The molecule has 6 heteroatoms. The number of hydrogen-bond donors (Lipinski definition) is 2. The normalized spacial score (nSPS) is 10.9. The van der Waals surface area contributed by atoms with E-state index in [4.69, 9.17) is 0 Å². The van der Waals surface area contributed by atoms with E-state index in [9.17, 15) is 9.18 Å². The summed E-state index contributed by atoms with van der Waals surface area (Å²) in [5.74, 6) is 0.482. The molecule has 0 saturated heterocycles. The van der Waals surface area contributed by atoms with Gasteiger partial charge in [-0.3, -0.25) is 9.48 Å². The number of nitrogens with one attached hydrogen (secondary N) is 1. The van der Waals surface area contributed by atoms with Crippen LogP contribution < -0.4 is 5.32 Å². The first-order valence-electron chi connectivity index (χ1n) is 9.38. The third-order valence-corrected chi connectivity index (χ3v) is 4.56. The van der Waals surface area contributed by atoms with E-state index in [0.717, 1.165) is 62.1 Å². The highest BCUT2D eigenvalue weighted by molar-refractivity contribution is 7.80. The smallest absolute Gasteiger partial charge is 0.271 e. The fourth-order valence-electron chi connectivity index (χ4n) is 2.74. The van der Waals surface area contributed by atoms with Crippen LogP contribution in [0, 0.1) is 5.82 Å². The van der Waals surface area contributed by atoms with Gasteiger partial charge in [0, 0.05) is 18.7 Å². The molecule has 0 radical (unpaired) electrons. The van der Waals surface area contributed by atoms with Crippen LogP contribution in [0.5, 0.6) is 0 Å². The van der Waals surface area contributed by atoms with Gasteiger partial charge in [0.25, 0.3) is 5.91 Å². The van der Waals surface area contributed by atoms with Gasteiger partial charge >= 0.3 is 0 Å². The molecule has 142 valence electrons. The van der Waals surface area contributed by atoms with Gasteiger partial charge in [-0.25, -0.2) is 4.39 Å². The van der Waals surface area contributed by atoms with Gasteiger partial charge in [-0.1, -0.05) is 26.2 Å². The topological polar surface area (TPSA) is 46.9 Å². The average Bonchev–Trinajstić information content (AvgIpc) is 3.07. The summed E-state index contributed by atoms with van der Waals surface area (Å²) >= 11 is 4.20. The Morgan fingerprint density at radius 1 is 1.15 bits per heavy atom. The Labute approximate surface area is 160 Å². The molecule has 0 bridgehead atoms. The number of benzene rings is 1. The van der Waals surface area contributed by atoms with Crippen molar-refractivity contribution in [2.75, 3.05) is 12.3 Å². The number of unbranched alkanes of at least 4 members (excludes halogenated alkanes) is 4. The molecule has 4 nitrogen and oxygen atoms in total. The van der Waals surface area contributed by atoms with Crippen LogP contribution in [0.1, 0.15) is 55.9 Å². The number of aryl methyl sites for hydroxylation is 1. The minimum absolute atomic E-state index is 0.155. The van der Waals surface area contributed by atoms with E-state index in [1.54, 1.807) is 18.2 Å². The van der Waals surface area contributed by atoms with Crippen LogP contribution in [0.25, 0.3) is 11.3 Å². The maximum absolute atomic E-state index is 13.2. The molecule has 2 rings (SSSR count). The van der Waals surface area contributed by atoms with E-state index in [0.29, 0.717) is 12.2 Å². The van der Waals surface area contributed by atoms with Gasteiger partial charge in [-0.05, 0) is 55.3 Å².